The van der Waals surface area contributed by atoms with Gasteiger partial charge in [0.25, 0.3) is 5.91 Å². The van der Waals surface area contributed by atoms with Crippen LogP contribution in [-0.4, -0.2) is 23.8 Å². The first-order valence-corrected chi connectivity index (χ1v) is 8.15. The van der Waals surface area contributed by atoms with Crippen LogP contribution in [0.4, 0.5) is 5.69 Å². The van der Waals surface area contributed by atoms with Gasteiger partial charge < -0.3 is 16.0 Å². The van der Waals surface area contributed by atoms with E-state index in [1.54, 1.807) is 24.3 Å². The van der Waals surface area contributed by atoms with Gasteiger partial charge in [-0.15, -0.1) is 0 Å². The average molecular weight is 337 g/mol. The van der Waals surface area contributed by atoms with E-state index < -0.39 is 6.04 Å². The minimum Gasteiger partial charge on any atom is -0.352 e. The number of anilines is 1. The number of hydrogen-bond acceptors (Lipinski definition) is 3. The second kappa shape index (κ2) is 7.61. The van der Waals surface area contributed by atoms with E-state index in [9.17, 15) is 14.4 Å². The lowest BCUT2D eigenvalue weighted by molar-refractivity contribution is -0.122. The number of para-hydroxylation sites is 1. The molecule has 0 aromatic heterocycles. The van der Waals surface area contributed by atoms with Crippen LogP contribution in [0, 0.1) is 0 Å². The number of carbonyl (C=O) groups is 3. The maximum atomic E-state index is 12.3. The molecule has 0 spiro atoms. The SMILES string of the molecule is O=C(CC[C@H]1NC(=O)c2ccccc2NC1=O)NCc1ccccc1. The van der Waals surface area contributed by atoms with Gasteiger partial charge in [-0.05, 0) is 24.1 Å². The molecule has 1 aliphatic rings. The summed E-state index contributed by atoms with van der Waals surface area (Å²) in [4.78, 5) is 36.5. The Morgan fingerprint density at radius 3 is 2.52 bits per heavy atom. The predicted molar refractivity (Wildman–Crippen MR) is 93.8 cm³/mol. The summed E-state index contributed by atoms with van der Waals surface area (Å²) in [7, 11) is 0. The number of benzene rings is 2. The van der Waals surface area contributed by atoms with Crippen molar-refractivity contribution < 1.29 is 14.4 Å². The van der Waals surface area contributed by atoms with Crippen molar-refractivity contribution in [1.29, 1.82) is 0 Å². The maximum absolute atomic E-state index is 12.3. The van der Waals surface area contributed by atoms with E-state index >= 15 is 0 Å². The molecular formula is C19H19N3O3. The van der Waals surface area contributed by atoms with Crippen molar-refractivity contribution in [1.82, 2.24) is 10.6 Å². The highest BCUT2D eigenvalue weighted by Gasteiger charge is 2.27. The van der Waals surface area contributed by atoms with Crippen LogP contribution in [0.1, 0.15) is 28.8 Å². The fraction of sp³-hybridized carbons (Fsp3) is 0.211. The molecule has 3 amide bonds. The summed E-state index contributed by atoms with van der Waals surface area (Å²) in [5, 5.41) is 8.23. The molecule has 0 radical (unpaired) electrons. The van der Waals surface area contributed by atoms with Crippen LogP contribution < -0.4 is 16.0 Å². The first kappa shape index (κ1) is 16.7. The van der Waals surface area contributed by atoms with Crippen molar-refractivity contribution in [2.24, 2.45) is 0 Å². The Labute approximate surface area is 145 Å². The van der Waals surface area contributed by atoms with E-state index in [0.717, 1.165) is 5.56 Å². The Balaban J connectivity index is 1.54. The summed E-state index contributed by atoms with van der Waals surface area (Å²) in [5.41, 5.74) is 1.92. The van der Waals surface area contributed by atoms with Crippen LogP contribution in [0.3, 0.4) is 0 Å². The Hall–Kier alpha value is -3.15. The summed E-state index contributed by atoms with van der Waals surface area (Å²) < 4.78 is 0. The second-order valence-electron chi connectivity index (χ2n) is 5.86. The van der Waals surface area contributed by atoms with E-state index in [-0.39, 0.29) is 30.6 Å². The Morgan fingerprint density at radius 2 is 1.72 bits per heavy atom. The molecule has 0 aliphatic carbocycles. The number of hydrogen-bond donors (Lipinski definition) is 3. The Morgan fingerprint density at radius 1 is 1.00 bits per heavy atom. The van der Waals surface area contributed by atoms with Crippen LogP contribution in [0.2, 0.25) is 0 Å². The third-order valence-corrected chi connectivity index (χ3v) is 4.04. The highest BCUT2D eigenvalue weighted by Crippen LogP contribution is 2.19. The molecule has 3 N–H and O–H groups in total. The molecule has 2 aromatic carbocycles. The number of rotatable bonds is 5. The zero-order chi connectivity index (χ0) is 17.6. The van der Waals surface area contributed by atoms with Crippen LogP contribution in [0.5, 0.6) is 0 Å². The normalized spacial score (nSPS) is 16.2. The minimum atomic E-state index is -0.734. The Kier molecular flexibility index (Phi) is 5.09. The van der Waals surface area contributed by atoms with Gasteiger partial charge in [0, 0.05) is 13.0 Å². The largest absolute Gasteiger partial charge is 0.352 e. The van der Waals surface area contributed by atoms with E-state index in [0.29, 0.717) is 17.8 Å². The van der Waals surface area contributed by atoms with Crippen molar-refractivity contribution in [3.05, 3.63) is 65.7 Å². The Bertz CT molecular complexity index is 790. The van der Waals surface area contributed by atoms with Crippen molar-refractivity contribution in [2.45, 2.75) is 25.4 Å². The fourth-order valence-corrected chi connectivity index (χ4v) is 2.68. The summed E-state index contributed by atoms with van der Waals surface area (Å²) in [6.45, 7) is 0.439. The van der Waals surface area contributed by atoms with Gasteiger partial charge in [-0.25, -0.2) is 0 Å². The van der Waals surface area contributed by atoms with Crippen molar-refractivity contribution >= 4 is 23.4 Å². The molecule has 0 unspecified atom stereocenters. The monoisotopic (exact) mass is 337 g/mol. The molecule has 25 heavy (non-hydrogen) atoms. The second-order valence-corrected chi connectivity index (χ2v) is 5.86. The molecule has 6 heteroatoms. The van der Waals surface area contributed by atoms with E-state index in [4.69, 9.17) is 0 Å². The van der Waals surface area contributed by atoms with Gasteiger partial charge in [0.15, 0.2) is 0 Å². The lowest BCUT2D eigenvalue weighted by Crippen LogP contribution is -2.42. The first-order chi connectivity index (χ1) is 12.1. The van der Waals surface area contributed by atoms with Crippen molar-refractivity contribution in [3.8, 4) is 0 Å². The van der Waals surface area contributed by atoms with Crippen molar-refractivity contribution in [3.63, 3.8) is 0 Å². The average Bonchev–Trinajstić information content (AvgIpc) is 2.75. The van der Waals surface area contributed by atoms with Gasteiger partial charge in [-0.2, -0.15) is 0 Å². The molecule has 2 aromatic rings. The van der Waals surface area contributed by atoms with Crippen LogP contribution >= 0.6 is 0 Å². The molecule has 0 saturated carbocycles. The zero-order valence-electron chi connectivity index (χ0n) is 13.6. The fourth-order valence-electron chi connectivity index (χ4n) is 2.68. The maximum Gasteiger partial charge on any atom is 0.254 e. The topological polar surface area (TPSA) is 87.3 Å². The van der Waals surface area contributed by atoms with Crippen LogP contribution in [0.25, 0.3) is 0 Å². The van der Waals surface area contributed by atoms with E-state index in [2.05, 4.69) is 16.0 Å². The lowest BCUT2D eigenvalue weighted by atomic mass is 10.1. The van der Waals surface area contributed by atoms with Crippen LogP contribution in [0.15, 0.2) is 54.6 Å². The predicted octanol–water partition coefficient (Wildman–Crippen LogP) is 1.83. The number of nitrogens with one attached hydrogen (secondary N) is 3. The van der Waals surface area contributed by atoms with E-state index in [1.165, 1.54) is 0 Å². The highest BCUT2D eigenvalue weighted by molar-refractivity contribution is 6.09. The molecule has 0 fully saturated rings. The van der Waals surface area contributed by atoms with Crippen LogP contribution in [-0.2, 0) is 16.1 Å². The molecule has 128 valence electrons. The summed E-state index contributed by atoms with van der Waals surface area (Å²) in [6.07, 6.45) is 0.397. The van der Waals surface area contributed by atoms with Gasteiger partial charge >= 0.3 is 0 Å². The van der Waals surface area contributed by atoms with Gasteiger partial charge in [-0.3, -0.25) is 14.4 Å². The summed E-state index contributed by atoms with van der Waals surface area (Å²) in [5.74, 6) is -0.787. The third kappa shape index (κ3) is 4.23. The standard InChI is InChI=1S/C19H19N3O3/c23-17(20-12-13-6-2-1-3-7-13)11-10-16-19(25)21-15-9-5-4-8-14(15)18(24)22-16/h1-9,16H,10-12H2,(H,20,23)(H,21,25)(H,22,24)/t16-/m1/s1. The molecule has 6 nitrogen and oxygen atoms in total. The molecular weight excluding hydrogens is 318 g/mol. The first-order valence-electron chi connectivity index (χ1n) is 8.15. The zero-order valence-corrected chi connectivity index (χ0v) is 13.6. The smallest absolute Gasteiger partial charge is 0.254 e. The molecule has 1 atom stereocenters. The number of fused-ring (bicyclic) bond motifs is 1. The quantitative estimate of drug-likeness (QED) is 0.778. The molecule has 0 saturated heterocycles. The molecule has 1 heterocycles. The molecule has 0 bridgehead atoms. The number of amides is 3. The minimum absolute atomic E-state index is 0.154. The number of carbonyl (C=O) groups excluding carboxylic acids is 3. The van der Waals surface area contributed by atoms with Gasteiger partial charge in [-0.1, -0.05) is 42.5 Å². The summed E-state index contributed by atoms with van der Waals surface area (Å²) in [6, 6.07) is 15.7. The summed E-state index contributed by atoms with van der Waals surface area (Å²) >= 11 is 0. The van der Waals surface area contributed by atoms with E-state index in [1.807, 2.05) is 30.3 Å². The van der Waals surface area contributed by atoms with Gasteiger partial charge in [0.2, 0.25) is 11.8 Å². The third-order valence-electron chi connectivity index (χ3n) is 4.04. The lowest BCUT2D eigenvalue weighted by Gasteiger charge is -2.14. The molecule has 3 rings (SSSR count). The van der Waals surface area contributed by atoms with Gasteiger partial charge in [0.05, 0.1) is 11.3 Å². The highest BCUT2D eigenvalue weighted by atomic mass is 16.2. The van der Waals surface area contributed by atoms with Gasteiger partial charge in [0.1, 0.15) is 6.04 Å². The molecule has 1 aliphatic heterocycles. The van der Waals surface area contributed by atoms with Crippen molar-refractivity contribution in [2.75, 3.05) is 5.32 Å².